The summed E-state index contributed by atoms with van der Waals surface area (Å²) >= 11 is 0. The van der Waals surface area contributed by atoms with Gasteiger partial charge in [0.15, 0.2) is 0 Å². The summed E-state index contributed by atoms with van der Waals surface area (Å²) in [5, 5.41) is 9.38. The van der Waals surface area contributed by atoms with Gasteiger partial charge in [0.25, 0.3) is 5.91 Å². The SMILES string of the molecule is NC(=O)c1ncccc1C1CN(C(=O)O)CCC1CCc1cccc(F)c1. The van der Waals surface area contributed by atoms with Crippen LogP contribution in [0.5, 0.6) is 0 Å². The van der Waals surface area contributed by atoms with Gasteiger partial charge in [-0.2, -0.15) is 0 Å². The van der Waals surface area contributed by atoms with Gasteiger partial charge < -0.3 is 15.7 Å². The summed E-state index contributed by atoms with van der Waals surface area (Å²) < 4.78 is 13.4. The summed E-state index contributed by atoms with van der Waals surface area (Å²) in [6, 6.07) is 10.0. The Hall–Kier alpha value is -2.96. The van der Waals surface area contributed by atoms with Crippen molar-refractivity contribution in [3.63, 3.8) is 0 Å². The summed E-state index contributed by atoms with van der Waals surface area (Å²) in [4.78, 5) is 28.7. The van der Waals surface area contributed by atoms with Gasteiger partial charge in [0.1, 0.15) is 11.5 Å². The fraction of sp³-hybridized carbons (Fsp3) is 0.350. The number of likely N-dealkylation sites (tertiary alicyclic amines) is 1. The van der Waals surface area contributed by atoms with E-state index in [0.717, 1.165) is 12.0 Å². The highest BCUT2D eigenvalue weighted by molar-refractivity contribution is 5.92. The number of hydrogen-bond donors (Lipinski definition) is 2. The Morgan fingerprint density at radius 2 is 2.11 bits per heavy atom. The molecule has 0 bridgehead atoms. The minimum Gasteiger partial charge on any atom is -0.465 e. The van der Waals surface area contributed by atoms with E-state index in [1.807, 2.05) is 6.07 Å². The van der Waals surface area contributed by atoms with Crippen LogP contribution < -0.4 is 5.73 Å². The Morgan fingerprint density at radius 3 is 2.81 bits per heavy atom. The van der Waals surface area contributed by atoms with Crippen LogP contribution in [0.25, 0.3) is 0 Å². The number of carboxylic acid groups (broad SMARTS) is 1. The summed E-state index contributed by atoms with van der Waals surface area (Å²) in [6.45, 7) is 0.723. The highest BCUT2D eigenvalue weighted by atomic mass is 19.1. The minimum atomic E-state index is -0.979. The van der Waals surface area contributed by atoms with Crippen LogP contribution in [-0.2, 0) is 6.42 Å². The molecule has 2 atom stereocenters. The predicted octanol–water partition coefficient (Wildman–Crippen LogP) is 3.04. The number of aromatic nitrogens is 1. The summed E-state index contributed by atoms with van der Waals surface area (Å²) in [5.74, 6) is -0.930. The van der Waals surface area contributed by atoms with Gasteiger partial charge in [-0.1, -0.05) is 18.2 Å². The van der Waals surface area contributed by atoms with Crippen molar-refractivity contribution in [3.8, 4) is 0 Å². The molecule has 2 aromatic rings. The van der Waals surface area contributed by atoms with Crippen LogP contribution in [0.15, 0.2) is 42.6 Å². The Balaban J connectivity index is 1.85. The first kappa shape index (κ1) is 18.8. The van der Waals surface area contributed by atoms with Crippen molar-refractivity contribution in [3.05, 3.63) is 65.2 Å². The van der Waals surface area contributed by atoms with Gasteiger partial charge in [0, 0.05) is 25.2 Å². The first-order valence-corrected chi connectivity index (χ1v) is 8.92. The van der Waals surface area contributed by atoms with E-state index in [0.29, 0.717) is 24.9 Å². The predicted molar refractivity (Wildman–Crippen MR) is 97.9 cm³/mol. The Morgan fingerprint density at radius 1 is 1.30 bits per heavy atom. The molecule has 6 nitrogen and oxygen atoms in total. The number of carbonyl (C=O) groups excluding carboxylic acids is 1. The fourth-order valence-electron chi connectivity index (χ4n) is 3.84. The third-order valence-corrected chi connectivity index (χ3v) is 5.19. The molecular formula is C20H22FN3O3. The molecule has 1 fully saturated rings. The Labute approximate surface area is 156 Å². The van der Waals surface area contributed by atoms with E-state index >= 15 is 0 Å². The van der Waals surface area contributed by atoms with Gasteiger partial charge in [-0.3, -0.25) is 9.78 Å². The molecular weight excluding hydrogens is 349 g/mol. The molecule has 3 N–H and O–H groups in total. The molecule has 0 radical (unpaired) electrons. The van der Waals surface area contributed by atoms with Crippen molar-refractivity contribution >= 4 is 12.0 Å². The zero-order chi connectivity index (χ0) is 19.4. The lowest BCUT2D eigenvalue weighted by atomic mass is 9.77. The quantitative estimate of drug-likeness (QED) is 0.844. The monoisotopic (exact) mass is 371 g/mol. The van der Waals surface area contributed by atoms with Crippen LogP contribution in [0, 0.1) is 11.7 Å². The molecule has 7 heteroatoms. The molecule has 0 aliphatic carbocycles. The number of aryl methyl sites for hydroxylation is 1. The molecule has 1 aromatic carbocycles. The second-order valence-electron chi connectivity index (χ2n) is 6.86. The lowest BCUT2D eigenvalue weighted by molar-refractivity contribution is 0.0989. The number of nitrogens with zero attached hydrogens (tertiary/aromatic N) is 2. The smallest absolute Gasteiger partial charge is 0.407 e. The number of rotatable bonds is 5. The Kier molecular flexibility index (Phi) is 5.69. The van der Waals surface area contributed by atoms with Crippen LogP contribution in [0.4, 0.5) is 9.18 Å². The van der Waals surface area contributed by atoms with Crippen molar-refractivity contribution in [2.75, 3.05) is 13.1 Å². The number of carbonyl (C=O) groups is 2. The first-order chi connectivity index (χ1) is 13.0. The van der Waals surface area contributed by atoms with E-state index in [2.05, 4.69) is 4.98 Å². The summed E-state index contributed by atoms with van der Waals surface area (Å²) in [5.41, 5.74) is 7.23. The minimum absolute atomic E-state index is 0.145. The maximum absolute atomic E-state index is 13.4. The fourth-order valence-corrected chi connectivity index (χ4v) is 3.84. The molecule has 142 valence electrons. The van der Waals surface area contributed by atoms with Gasteiger partial charge in [0.2, 0.25) is 0 Å². The molecule has 1 aromatic heterocycles. The first-order valence-electron chi connectivity index (χ1n) is 8.92. The topological polar surface area (TPSA) is 96.5 Å². The van der Waals surface area contributed by atoms with E-state index in [1.165, 1.54) is 23.2 Å². The lowest BCUT2D eigenvalue weighted by Gasteiger charge is -2.38. The lowest BCUT2D eigenvalue weighted by Crippen LogP contribution is -2.42. The second-order valence-corrected chi connectivity index (χ2v) is 6.86. The highest BCUT2D eigenvalue weighted by Gasteiger charge is 2.34. The number of amides is 2. The number of piperidine rings is 1. The number of primary amides is 1. The maximum Gasteiger partial charge on any atom is 0.407 e. The molecule has 1 saturated heterocycles. The van der Waals surface area contributed by atoms with Gasteiger partial charge in [-0.05, 0) is 54.5 Å². The third kappa shape index (κ3) is 4.42. The number of halogens is 1. The summed E-state index contributed by atoms with van der Waals surface area (Å²) in [7, 11) is 0. The zero-order valence-electron chi connectivity index (χ0n) is 14.8. The maximum atomic E-state index is 13.4. The zero-order valence-corrected chi connectivity index (χ0v) is 14.8. The molecule has 0 spiro atoms. The van der Waals surface area contributed by atoms with Crippen molar-refractivity contribution < 1.29 is 19.1 Å². The van der Waals surface area contributed by atoms with E-state index < -0.39 is 12.0 Å². The molecule has 3 rings (SSSR count). The number of nitrogens with two attached hydrogens (primary N) is 1. The van der Waals surface area contributed by atoms with Crippen molar-refractivity contribution in [2.45, 2.75) is 25.2 Å². The van der Waals surface area contributed by atoms with Crippen molar-refractivity contribution in [2.24, 2.45) is 11.7 Å². The van der Waals surface area contributed by atoms with Gasteiger partial charge in [0.05, 0.1) is 0 Å². The standard InChI is InChI=1S/C20H22FN3O3/c21-15-4-1-3-13(11-15)6-7-14-8-10-24(20(26)27)12-17(14)16-5-2-9-23-18(16)19(22)25/h1-5,9,11,14,17H,6-8,10,12H2,(H2,22,25)(H,26,27). The summed E-state index contributed by atoms with van der Waals surface area (Å²) in [6.07, 6.45) is 2.63. The van der Waals surface area contributed by atoms with Gasteiger partial charge in [-0.25, -0.2) is 9.18 Å². The number of hydrogen-bond acceptors (Lipinski definition) is 3. The van der Waals surface area contributed by atoms with Gasteiger partial charge in [-0.15, -0.1) is 0 Å². The largest absolute Gasteiger partial charge is 0.465 e. The highest BCUT2D eigenvalue weighted by Crippen LogP contribution is 2.36. The number of benzene rings is 1. The van der Waals surface area contributed by atoms with Crippen molar-refractivity contribution in [1.29, 1.82) is 0 Å². The molecule has 1 aliphatic rings. The van der Waals surface area contributed by atoms with Crippen LogP contribution in [0.2, 0.25) is 0 Å². The molecule has 0 saturated carbocycles. The van der Waals surface area contributed by atoms with E-state index in [9.17, 15) is 19.1 Å². The average molecular weight is 371 g/mol. The molecule has 2 unspecified atom stereocenters. The number of pyridine rings is 1. The molecule has 1 aliphatic heterocycles. The van der Waals surface area contributed by atoms with Crippen molar-refractivity contribution in [1.82, 2.24) is 9.88 Å². The molecule has 2 amide bonds. The molecule has 27 heavy (non-hydrogen) atoms. The molecule has 2 heterocycles. The average Bonchev–Trinajstić information content (AvgIpc) is 2.66. The van der Waals surface area contributed by atoms with E-state index in [4.69, 9.17) is 5.73 Å². The van der Waals surface area contributed by atoms with Crippen LogP contribution >= 0.6 is 0 Å². The van der Waals surface area contributed by atoms with E-state index in [-0.39, 0.29) is 29.9 Å². The van der Waals surface area contributed by atoms with E-state index in [1.54, 1.807) is 18.2 Å². The van der Waals surface area contributed by atoms with Gasteiger partial charge >= 0.3 is 6.09 Å². The second kappa shape index (κ2) is 8.16. The third-order valence-electron chi connectivity index (χ3n) is 5.19. The van der Waals surface area contributed by atoms with Crippen LogP contribution in [-0.4, -0.2) is 40.1 Å². The van der Waals surface area contributed by atoms with Crippen LogP contribution in [0.1, 0.15) is 40.4 Å². The Bertz CT molecular complexity index is 843. The van der Waals surface area contributed by atoms with Crippen LogP contribution in [0.3, 0.4) is 0 Å². The normalized spacial score (nSPS) is 19.7.